The van der Waals surface area contributed by atoms with Crippen molar-refractivity contribution in [2.45, 2.75) is 127 Å². The Morgan fingerprint density at radius 3 is 1.75 bits per heavy atom. The summed E-state index contributed by atoms with van der Waals surface area (Å²) in [6, 6.07) is 0. The van der Waals surface area contributed by atoms with Crippen molar-refractivity contribution in [1.82, 2.24) is 15.3 Å². The Kier molecular flexibility index (Phi) is 16.5. The summed E-state index contributed by atoms with van der Waals surface area (Å²) in [5, 5.41) is 63.4. The first kappa shape index (κ1) is 40.1. The van der Waals surface area contributed by atoms with Crippen LogP contribution >= 0.6 is 0 Å². The summed E-state index contributed by atoms with van der Waals surface area (Å²) in [7, 11) is 0. The normalized spacial score (nSPS) is 32.6. The van der Waals surface area contributed by atoms with E-state index in [-0.39, 0.29) is 44.9 Å². The smallest absolute Gasteiger partial charge is 0.333 e. The molecule has 18 heteroatoms. The lowest BCUT2D eigenvalue weighted by Gasteiger charge is -2.39. The van der Waals surface area contributed by atoms with Gasteiger partial charge in [-0.15, -0.1) is 5.06 Å². The quantitative estimate of drug-likeness (QED) is 0.0527. The van der Waals surface area contributed by atoms with Crippen molar-refractivity contribution in [3.05, 3.63) is 0 Å². The molecule has 0 aromatic carbocycles. The Balaban J connectivity index is 1.38. The first-order valence-corrected chi connectivity index (χ1v) is 16.5. The van der Waals surface area contributed by atoms with Gasteiger partial charge in [-0.25, -0.2) is 4.79 Å². The number of hydrogen-bond acceptors (Lipinski definition) is 16. The van der Waals surface area contributed by atoms with Crippen LogP contribution < -0.4 is 5.32 Å². The number of aliphatic hydroxyl groups excluding tert-OH is 6. The summed E-state index contributed by atoms with van der Waals surface area (Å²) < 4.78 is 22.1. The predicted molar refractivity (Wildman–Crippen MR) is 161 cm³/mol. The van der Waals surface area contributed by atoms with Crippen LogP contribution in [0.1, 0.15) is 65.2 Å². The summed E-state index contributed by atoms with van der Waals surface area (Å²) in [5.74, 6) is -2.00. The average molecular weight is 694 g/mol. The Hall–Kier alpha value is -2.36. The van der Waals surface area contributed by atoms with Crippen LogP contribution in [-0.4, -0.2) is 165 Å². The number of aliphatic hydroxyl groups is 6. The van der Waals surface area contributed by atoms with Gasteiger partial charge in [-0.1, -0.05) is 6.42 Å². The van der Waals surface area contributed by atoms with Gasteiger partial charge >= 0.3 is 5.97 Å². The number of imide groups is 1. The second kappa shape index (κ2) is 19.7. The molecule has 0 aromatic rings. The van der Waals surface area contributed by atoms with Gasteiger partial charge in [0.1, 0.15) is 36.6 Å². The number of carbonyl (C=O) groups excluding carboxylic acids is 4. The maximum Gasteiger partial charge on any atom is 0.333 e. The molecule has 48 heavy (non-hydrogen) atoms. The van der Waals surface area contributed by atoms with Gasteiger partial charge in [0.15, 0.2) is 12.6 Å². The van der Waals surface area contributed by atoms with Gasteiger partial charge in [0.2, 0.25) is 5.91 Å². The van der Waals surface area contributed by atoms with E-state index in [0.29, 0.717) is 56.8 Å². The van der Waals surface area contributed by atoms with E-state index in [0.717, 1.165) is 0 Å². The predicted octanol–water partition coefficient (Wildman–Crippen LogP) is -2.96. The molecule has 3 saturated heterocycles. The molecule has 3 amide bonds. The van der Waals surface area contributed by atoms with Crippen LogP contribution in [0.25, 0.3) is 0 Å². The molecular formula is C30H51N3O15. The zero-order valence-electron chi connectivity index (χ0n) is 27.4. The molecule has 18 nitrogen and oxygen atoms in total. The minimum atomic E-state index is -1.43. The van der Waals surface area contributed by atoms with Crippen molar-refractivity contribution in [2.24, 2.45) is 0 Å². The molecule has 0 radical (unpaired) electrons. The number of nitrogens with one attached hydrogen (secondary N) is 1. The van der Waals surface area contributed by atoms with Crippen molar-refractivity contribution in [2.75, 3.05) is 39.4 Å². The van der Waals surface area contributed by atoms with E-state index in [1.807, 2.05) is 4.90 Å². The lowest BCUT2D eigenvalue weighted by atomic mass is 10.0. The number of hydrogen-bond donors (Lipinski definition) is 7. The summed E-state index contributed by atoms with van der Waals surface area (Å²) in [6.45, 7) is 4.51. The van der Waals surface area contributed by atoms with Gasteiger partial charge in [0.05, 0.1) is 32.0 Å². The van der Waals surface area contributed by atoms with Crippen LogP contribution in [0.5, 0.6) is 0 Å². The molecule has 0 unspecified atom stereocenters. The molecule has 0 aromatic heterocycles. The van der Waals surface area contributed by atoms with Gasteiger partial charge < -0.3 is 59.7 Å². The first-order valence-electron chi connectivity index (χ1n) is 16.5. The van der Waals surface area contributed by atoms with E-state index in [2.05, 4.69) is 5.32 Å². The van der Waals surface area contributed by atoms with Gasteiger partial charge in [-0.2, -0.15) is 0 Å². The van der Waals surface area contributed by atoms with E-state index in [1.165, 1.54) is 0 Å². The van der Waals surface area contributed by atoms with Crippen molar-refractivity contribution in [3.8, 4) is 0 Å². The number of unbranched alkanes of at least 4 members (excludes halogenated alkanes) is 2. The van der Waals surface area contributed by atoms with Crippen LogP contribution in [0.15, 0.2) is 0 Å². The summed E-state index contributed by atoms with van der Waals surface area (Å²) in [5.41, 5.74) is 0. The van der Waals surface area contributed by atoms with Crippen LogP contribution in [0, 0.1) is 0 Å². The standard InChI is InChI=1S/C30H51N3O15/c1-17-23(38)25(40)27(42)29(46-17)44-14-6-12-32(13-7-15-45-30-28(43)26(41)24(39)18(2)47-30)16-19(34)31-11-5-3-4-8-22(37)48-33-20(35)9-10-21(33)36/h17-18,23-30,38-43H,3-16H2,1-2H3,(H,31,34)/t17-,18-,23+,24+,25+,26+,27-,28-,29+,30+/m0/s1. The van der Waals surface area contributed by atoms with E-state index in [1.54, 1.807) is 13.8 Å². The number of ether oxygens (including phenoxy) is 4. The van der Waals surface area contributed by atoms with Crippen molar-refractivity contribution in [3.63, 3.8) is 0 Å². The van der Waals surface area contributed by atoms with Gasteiger partial charge in [0, 0.05) is 38.9 Å². The molecule has 7 N–H and O–H groups in total. The Morgan fingerprint density at radius 1 is 0.750 bits per heavy atom. The molecule has 3 rings (SSSR count). The lowest BCUT2D eigenvalue weighted by Crippen LogP contribution is -2.57. The number of rotatable bonds is 19. The summed E-state index contributed by atoms with van der Waals surface area (Å²) in [6.07, 6.45) is -9.42. The molecule has 3 aliphatic rings. The highest BCUT2D eigenvalue weighted by atomic mass is 16.7. The fourth-order valence-corrected chi connectivity index (χ4v) is 5.41. The molecule has 10 atom stereocenters. The first-order chi connectivity index (χ1) is 22.8. The van der Waals surface area contributed by atoms with E-state index < -0.39 is 79.2 Å². The fraction of sp³-hybridized carbons (Fsp3) is 0.867. The highest BCUT2D eigenvalue weighted by molar-refractivity contribution is 6.01. The fourth-order valence-electron chi connectivity index (χ4n) is 5.41. The SMILES string of the molecule is C[C@@H]1O[C@@H](OCCCN(CCCO[C@@H]2O[C@@H](C)[C@@H](O)[C@@H](O)[C@@H]2O)CC(=O)NCCCCCC(=O)ON2C(=O)CCC2=O)[C@@H](O)[C@H](O)[C@@H]1O. The second-order valence-corrected chi connectivity index (χ2v) is 12.3. The molecule has 3 aliphatic heterocycles. The molecule has 0 saturated carbocycles. The molecular weight excluding hydrogens is 642 g/mol. The van der Waals surface area contributed by atoms with Crippen LogP contribution in [0.3, 0.4) is 0 Å². The van der Waals surface area contributed by atoms with Crippen LogP contribution in [0.2, 0.25) is 0 Å². The van der Waals surface area contributed by atoms with Gasteiger partial charge in [0.25, 0.3) is 11.8 Å². The molecule has 0 bridgehead atoms. The molecule has 3 heterocycles. The zero-order chi connectivity index (χ0) is 35.4. The topological polar surface area (TPSA) is 254 Å². The van der Waals surface area contributed by atoms with E-state index in [9.17, 15) is 49.8 Å². The highest BCUT2D eigenvalue weighted by Gasteiger charge is 2.43. The highest BCUT2D eigenvalue weighted by Crippen LogP contribution is 2.23. The average Bonchev–Trinajstić information content (AvgIpc) is 3.37. The second-order valence-electron chi connectivity index (χ2n) is 12.3. The molecule has 0 aliphatic carbocycles. The third kappa shape index (κ3) is 11.9. The lowest BCUT2D eigenvalue weighted by molar-refractivity contribution is -0.293. The zero-order valence-corrected chi connectivity index (χ0v) is 27.4. The monoisotopic (exact) mass is 693 g/mol. The largest absolute Gasteiger partial charge is 0.388 e. The minimum absolute atomic E-state index is 0.0195. The van der Waals surface area contributed by atoms with E-state index >= 15 is 0 Å². The van der Waals surface area contributed by atoms with Crippen molar-refractivity contribution >= 4 is 23.7 Å². The third-order valence-electron chi connectivity index (χ3n) is 8.36. The number of hydroxylamine groups is 2. The van der Waals surface area contributed by atoms with Crippen LogP contribution in [-0.2, 0) is 43.0 Å². The number of carbonyl (C=O) groups is 4. The molecule has 276 valence electrons. The Labute approximate surface area is 278 Å². The van der Waals surface area contributed by atoms with Crippen molar-refractivity contribution < 1.29 is 73.6 Å². The summed E-state index contributed by atoms with van der Waals surface area (Å²) in [4.78, 5) is 54.4. The van der Waals surface area contributed by atoms with Gasteiger partial charge in [-0.3, -0.25) is 19.3 Å². The number of nitrogens with zero attached hydrogens (tertiary/aromatic N) is 2. The molecule has 0 spiro atoms. The maximum atomic E-state index is 12.7. The summed E-state index contributed by atoms with van der Waals surface area (Å²) >= 11 is 0. The van der Waals surface area contributed by atoms with E-state index in [4.69, 9.17) is 23.8 Å². The van der Waals surface area contributed by atoms with Crippen LogP contribution in [0.4, 0.5) is 0 Å². The Bertz CT molecular complexity index is 995. The Morgan fingerprint density at radius 2 is 1.25 bits per heavy atom. The van der Waals surface area contributed by atoms with Crippen molar-refractivity contribution in [1.29, 1.82) is 0 Å². The molecule has 3 fully saturated rings. The number of amides is 3. The minimum Gasteiger partial charge on any atom is -0.388 e. The third-order valence-corrected chi connectivity index (χ3v) is 8.36. The van der Waals surface area contributed by atoms with Gasteiger partial charge in [-0.05, 0) is 39.5 Å². The maximum absolute atomic E-state index is 12.7.